The van der Waals surface area contributed by atoms with Gasteiger partial charge in [-0.1, -0.05) is 24.3 Å². The Bertz CT molecular complexity index is 655. The van der Waals surface area contributed by atoms with Crippen molar-refractivity contribution in [3.8, 4) is 5.75 Å². The fraction of sp³-hybridized carbons (Fsp3) is 0.278. The monoisotopic (exact) mass is 315 g/mol. The van der Waals surface area contributed by atoms with Gasteiger partial charge >= 0.3 is 0 Å². The van der Waals surface area contributed by atoms with Crippen LogP contribution in [0.25, 0.3) is 0 Å². The van der Waals surface area contributed by atoms with Crippen molar-refractivity contribution >= 4 is 17.7 Å². The maximum Gasteiger partial charge on any atom is 0.230 e. The number of hydrogen-bond acceptors (Lipinski definition) is 3. The third-order valence-electron chi connectivity index (χ3n) is 3.52. The molecular weight excluding hydrogens is 294 g/mol. The molecule has 0 heterocycles. The number of ether oxygens (including phenoxy) is 1. The normalized spacial score (nSPS) is 10.3. The maximum atomic E-state index is 12.0. The van der Waals surface area contributed by atoms with Gasteiger partial charge in [0.15, 0.2) is 0 Å². The lowest BCUT2D eigenvalue weighted by Crippen LogP contribution is -2.24. The highest BCUT2D eigenvalue weighted by Crippen LogP contribution is 2.21. The van der Waals surface area contributed by atoms with E-state index in [4.69, 9.17) is 4.74 Å². The summed E-state index contributed by atoms with van der Waals surface area (Å²) < 4.78 is 5.27. The second kappa shape index (κ2) is 7.90. The topological polar surface area (TPSA) is 38.3 Å². The Balaban J connectivity index is 1.84. The third kappa shape index (κ3) is 4.53. The molecule has 0 aliphatic rings. The van der Waals surface area contributed by atoms with Crippen molar-refractivity contribution in [1.82, 2.24) is 5.32 Å². The van der Waals surface area contributed by atoms with E-state index >= 15 is 0 Å². The maximum absolute atomic E-state index is 12.0. The van der Waals surface area contributed by atoms with Gasteiger partial charge < -0.3 is 10.1 Å². The van der Waals surface area contributed by atoms with Crippen molar-refractivity contribution in [3.63, 3.8) is 0 Å². The van der Waals surface area contributed by atoms with E-state index in [1.165, 1.54) is 11.1 Å². The van der Waals surface area contributed by atoms with Crippen LogP contribution in [0.5, 0.6) is 5.75 Å². The van der Waals surface area contributed by atoms with Crippen LogP contribution in [0.15, 0.2) is 47.4 Å². The van der Waals surface area contributed by atoms with Gasteiger partial charge in [-0.2, -0.15) is 0 Å². The molecule has 0 fully saturated rings. The summed E-state index contributed by atoms with van der Waals surface area (Å²) in [5, 5.41) is 2.93. The van der Waals surface area contributed by atoms with Gasteiger partial charge in [-0.25, -0.2) is 0 Å². The number of thioether (sulfide) groups is 1. The van der Waals surface area contributed by atoms with E-state index in [2.05, 4.69) is 37.4 Å². The van der Waals surface area contributed by atoms with Gasteiger partial charge in [0.25, 0.3) is 0 Å². The number of para-hydroxylation sites is 1. The molecule has 0 radical (unpaired) electrons. The second-order valence-electron chi connectivity index (χ2n) is 5.12. The van der Waals surface area contributed by atoms with E-state index in [-0.39, 0.29) is 5.91 Å². The molecule has 0 bridgehead atoms. The molecule has 22 heavy (non-hydrogen) atoms. The first-order valence-corrected chi connectivity index (χ1v) is 8.17. The quantitative estimate of drug-likeness (QED) is 0.826. The average Bonchev–Trinajstić information content (AvgIpc) is 2.54. The minimum Gasteiger partial charge on any atom is -0.496 e. The van der Waals surface area contributed by atoms with E-state index in [0.717, 1.165) is 16.2 Å². The number of nitrogens with one attached hydrogen (secondary N) is 1. The largest absolute Gasteiger partial charge is 0.496 e. The van der Waals surface area contributed by atoms with Crippen LogP contribution >= 0.6 is 11.8 Å². The van der Waals surface area contributed by atoms with Crippen molar-refractivity contribution in [1.29, 1.82) is 0 Å². The number of aryl methyl sites for hydroxylation is 2. The first-order valence-electron chi connectivity index (χ1n) is 7.19. The molecule has 2 aromatic rings. The van der Waals surface area contributed by atoms with Gasteiger partial charge in [0.1, 0.15) is 5.75 Å². The molecule has 0 spiro atoms. The van der Waals surface area contributed by atoms with E-state index < -0.39 is 0 Å². The van der Waals surface area contributed by atoms with Gasteiger partial charge in [-0.15, -0.1) is 11.8 Å². The smallest absolute Gasteiger partial charge is 0.230 e. The molecule has 2 aromatic carbocycles. The van der Waals surface area contributed by atoms with Gasteiger partial charge in [-0.05, 0) is 43.2 Å². The summed E-state index contributed by atoms with van der Waals surface area (Å²) in [6, 6.07) is 14.0. The summed E-state index contributed by atoms with van der Waals surface area (Å²) in [5.74, 6) is 1.23. The number of methoxy groups -OCH3 is 1. The number of carbonyl (C=O) groups is 1. The minimum absolute atomic E-state index is 0.0223. The standard InChI is InChI=1S/C18H21NO2S/c1-13-8-9-16(10-14(13)2)22-12-18(20)19-11-15-6-4-5-7-17(15)21-3/h4-10H,11-12H2,1-3H3,(H,19,20). The highest BCUT2D eigenvalue weighted by molar-refractivity contribution is 8.00. The minimum atomic E-state index is 0.0223. The van der Waals surface area contributed by atoms with E-state index in [9.17, 15) is 4.79 Å². The van der Waals surface area contributed by atoms with Gasteiger partial charge in [-0.3, -0.25) is 4.79 Å². The van der Waals surface area contributed by atoms with Crippen molar-refractivity contribution in [2.24, 2.45) is 0 Å². The molecule has 3 nitrogen and oxygen atoms in total. The number of carbonyl (C=O) groups excluding carboxylic acids is 1. The Hall–Kier alpha value is -1.94. The molecule has 0 saturated heterocycles. The van der Waals surface area contributed by atoms with E-state index in [1.54, 1.807) is 18.9 Å². The fourth-order valence-corrected chi connectivity index (χ4v) is 2.87. The van der Waals surface area contributed by atoms with Crippen molar-refractivity contribution in [2.75, 3.05) is 12.9 Å². The highest BCUT2D eigenvalue weighted by atomic mass is 32.2. The van der Waals surface area contributed by atoms with Gasteiger partial charge in [0.2, 0.25) is 5.91 Å². The summed E-state index contributed by atoms with van der Waals surface area (Å²) in [6.07, 6.45) is 0. The van der Waals surface area contributed by atoms with Crippen LogP contribution in [-0.2, 0) is 11.3 Å². The molecule has 0 aliphatic carbocycles. The molecule has 2 rings (SSSR count). The second-order valence-corrected chi connectivity index (χ2v) is 6.17. The van der Waals surface area contributed by atoms with Crippen molar-refractivity contribution < 1.29 is 9.53 Å². The SMILES string of the molecule is COc1ccccc1CNC(=O)CSc1ccc(C)c(C)c1. The zero-order valence-electron chi connectivity index (χ0n) is 13.2. The number of hydrogen-bond donors (Lipinski definition) is 1. The Labute approximate surface area is 136 Å². The summed E-state index contributed by atoms with van der Waals surface area (Å²) in [7, 11) is 1.64. The van der Waals surface area contributed by atoms with E-state index in [0.29, 0.717) is 12.3 Å². The lowest BCUT2D eigenvalue weighted by Gasteiger charge is -2.09. The van der Waals surface area contributed by atoms with E-state index in [1.807, 2.05) is 24.3 Å². The molecule has 1 amide bonds. The predicted octanol–water partition coefficient (Wildman–Crippen LogP) is 3.72. The lowest BCUT2D eigenvalue weighted by molar-refractivity contribution is -0.118. The zero-order valence-corrected chi connectivity index (χ0v) is 14.0. The molecule has 1 N–H and O–H groups in total. The van der Waals surface area contributed by atoms with Crippen LogP contribution in [0, 0.1) is 13.8 Å². The number of rotatable bonds is 6. The molecule has 0 atom stereocenters. The summed E-state index contributed by atoms with van der Waals surface area (Å²) in [5.41, 5.74) is 3.50. The van der Waals surface area contributed by atoms with Crippen LogP contribution in [0.3, 0.4) is 0 Å². The average molecular weight is 315 g/mol. The van der Waals surface area contributed by atoms with Crippen LogP contribution in [0.4, 0.5) is 0 Å². The first kappa shape index (κ1) is 16.4. The third-order valence-corrected chi connectivity index (χ3v) is 4.51. The zero-order chi connectivity index (χ0) is 15.9. The Morgan fingerprint density at radius 2 is 1.91 bits per heavy atom. The summed E-state index contributed by atoms with van der Waals surface area (Å²) >= 11 is 1.55. The Morgan fingerprint density at radius 1 is 1.14 bits per heavy atom. The number of benzene rings is 2. The molecular formula is C18H21NO2S. The summed E-state index contributed by atoms with van der Waals surface area (Å²) in [4.78, 5) is 13.1. The molecule has 0 saturated carbocycles. The Kier molecular flexibility index (Phi) is 5.90. The van der Waals surface area contributed by atoms with Gasteiger partial charge in [0, 0.05) is 17.0 Å². The number of amides is 1. The molecule has 4 heteroatoms. The predicted molar refractivity (Wildman–Crippen MR) is 91.5 cm³/mol. The molecule has 0 aliphatic heterocycles. The lowest BCUT2D eigenvalue weighted by atomic mass is 10.1. The van der Waals surface area contributed by atoms with Crippen molar-refractivity contribution in [2.45, 2.75) is 25.3 Å². The Morgan fingerprint density at radius 3 is 2.64 bits per heavy atom. The van der Waals surface area contributed by atoms with Crippen LogP contribution in [0.2, 0.25) is 0 Å². The van der Waals surface area contributed by atoms with Gasteiger partial charge in [0.05, 0.1) is 12.9 Å². The fourth-order valence-electron chi connectivity index (χ4n) is 2.05. The first-order chi connectivity index (χ1) is 10.6. The van der Waals surface area contributed by atoms with Crippen LogP contribution in [-0.4, -0.2) is 18.8 Å². The summed E-state index contributed by atoms with van der Waals surface area (Å²) in [6.45, 7) is 4.65. The van der Waals surface area contributed by atoms with Crippen molar-refractivity contribution in [3.05, 3.63) is 59.2 Å². The van der Waals surface area contributed by atoms with Crippen LogP contribution in [0.1, 0.15) is 16.7 Å². The van der Waals surface area contributed by atoms with Crippen LogP contribution < -0.4 is 10.1 Å². The molecule has 0 aromatic heterocycles. The molecule has 0 unspecified atom stereocenters. The molecule has 116 valence electrons. The highest BCUT2D eigenvalue weighted by Gasteiger charge is 2.06.